The quantitative estimate of drug-likeness (QED) is 0.0739. The topological polar surface area (TPSA) is 245 Å². The second-order valence-electron chi connectivity index (χ2n) is 18.1. The molecule has 2 atom stereocenters. The van der Waals surface area contributed by atoms with Gasteiger partial charge in [-0.2, -0.15) is 0 Å². The maximum absolute atomic E-state index is 15.3. The third-order valence-electron chi connectivity index (χ3n) is 12.9. The average molecular weight is 903 g/mol. The van der Waals surface area contributed by atoms with Gasteiger partial charge in [-0.1, -0.05) is 13.8 Å². The van der Waals surface area contributed by atoms with E-state index < -0.39 is 36.0 Å². The summed E-state index contributed by atoms with van der Waals surface area (Å²) in [5.41, 5.74) is 20.0. The normalized spacial score (nSPS) is 21.6. The van der Waals surface area contributed by atoms with Gasteiger partial charge < -0.3 is 41.8 Å². The Kier molecular flexibility index (Phi) is 12.0. The summed E-state index contributed by atoms with van der Waals surface area (Å²) in [6.45, 7) is 9.91. The fraction of sp³-hybridized carbons (Fsp3) is 0.375. The minimum atomic E-state index is -0.649. The Morgan fingerprint density at radius 1 is 0.636 bits per heavy atom. The van der Waals surface area contributed by atoms with Gasteiger partial charge in [0.15, 0.2) is 11.6 Å². The number of nitrogens with two attached hydrogens (primary N) is 2. The number of halogens is 2. The van der Waals surface area contributed by atoms with Gasteiger partial charge in [0.05, 0.1) is 46.3 Å². The van der Waals surface area contributed by atoms with Crippen LogP contribution in [0.5, 0.6) is 0 Å². The number of aliphatic hydroxyl groups is 2. The maximum Gasteiger partial charge on any atom is 0.413 e. The van der Waals surface area contributed by atoms with Crippen LogP contribution < -0.4 is 32.7 Å². The Hall–Kier alpha value is -6.92. The average Bonchev–Trinajstić information content (AvgIpc) is 3.25. The second-order valence-corrected chi connectivity index (χ2v) is 18.1. The number of nitrogen functional groups attached to an aromatic ring is 2. The summed E-state index contributed by atoms with van der Waals surface area (Å²) in [5, 5.41) is 32.8. The molecule has 6 heterocycles. The highest BCUT2D eigenvalue weighted by molar-refractivity contribution is 6.01. The molecule has 66 heavy (non-hydrogen) atoms. The van der Waals surface area contributed by atoms with Crippen molar-refractivity contribution in [3.8, 4) is 22.3 Å². The minimum Gasteiger partial charge on any atom is -0.446 e. The van der Waals surface area contributed by atoms with Crippen LogP contribution in [0.25, 0.3) is 43.8 Å². The smallest absolute Gasteiger partial charge is 0.413 e. The van der Waals surface area contributed by atoms with Crippen molar-refractivity contribution >= 4 is 68.1 Å². The van der Waals surface area contributed by atoms with Gasteiger partial charge in [-0.3, -0.25) is 20.6 Å². The Labute approximate surface area is 378 Å². The van der Waals surface area contributed by atoms with Gasteiger partial charge in [-0.15, -0.1) is 0 Å². The number of carbonyl (C=O) groups excluding carboxylic acids is 2. The predicted octanol–water partition coefficient (Wildman–Crippen LogP) is 8.00. The number of amides is 2. The molecule has 2 saturated carbocycles. The Bertz CT molecular complexity index is 2710. The van der Waals surface area contributed by atoms with Crippen molar-refractivity contribution in [2.24, 2.45) is 11.8 Å². The van der Waals surface area contributed by atoms with Gasteiger partial charge in [0.1, 0.15) is 23.8 Å². The molecule has 10 N–H and O–H groups in total. The van der Waals surface area contributed by atoms with Crippen LogP contribution >= 0.6 is 0 Å². The molecule has 0 radical (unpaired) electrons. The van der Waals surface area contributed by atoms with Crippen LogP contribution in [0.15, 0.2) is 49.1 Å². The first-order chi connectivity index (χ1) is 31.6. The highest BCUT2D eigenvalue weighted by Gasteiger charge is 2.32. The third-order valence-corrected chi connectivity index (χ3v) is 12.9. The number of carbonyl (C=O) groups is 2. The van der Waals surface area contributed by atoms with Crippen molar-refractivity contribution in [2.75, 3.05) is 45.8 Å². The summed E-state index contributed by atoms with van der Waals surface area (Å²) in [5.74, 6) is 0.454. The lowest BCUT2D eigenvalue weighted by Gasteiger charge is -2.30. The first kappa shape index (κ1) is 44.3. The lowest BCUT2D eigenvalue weighted by molar-refractivity contribution is -0.0316. The van der Waals surface area contributed by atoms with Crippen LogP contribution in [-0.4, -0.2) is 79.8 Å². The van der Waals surface area contributed by atoms with E-state index in [0.29, 0.717) is 81.3 Å². The molecule has 0 spiro atoms. The van der Waals surface area contributed by atoms with E-state index in [1.54, 1.807) is 36.7 Å². The first-order valence-electron chi connectivity index (χ1n) is 22.1. The molecule has 4 aromatic heterocycles. The van der Waals surface area contributed by atoms with E-state index in [1.165, 1.54) is 12.4 Å². The number of fused-ring (bicyclic) bond motifs is 4. The molecule has 2 aliphatic carbocycles. The van der Waals surface area contributed by atoms with E-state index in [2.05, 4.69) is 55.1 Å². The molecule has 2 fully saturated rings. The molecule has 0 unspecified atom stereocenters. The van der Waals surface area contributed by atoms with Gasteiger partial charge in [0.25, 0.3) is 0 Å². The number of ether oxygens (including phenoxy) is 2. The summed E-state index contributed by atoms with van der Waals surface area (Å²) < 4.78 is 41.1. The van der Waals surface area contributed by atoms with E-state index in [1.807, 2.05) is 13.8 Å². The highest BCUT2D eigenvalue weighted by Crippen LogP contribution is 2.41. The molecule has 18 heteroatoms. The zero-order valence-electron chi connectivity index (χ0n) is 37.0. The van der Waals surface area contributed by atoms with Gasteiger partial charge in [-0.25, -0.2) is 28.3 Å². The van der Waals surface area contributed by atoms with Crippen LogP contribution in [0.3, 0.4) is 0 Å². The molecule has 2 aromatic carbocycles. The summed E-state index contributed by atoms with van der Waals surface area (Å²) >= 11 is 0. The number of aliphatic hydroxyl groups excluding tert-OH is 2. The van der Waals surface area contributed by atoms with Crippen LogP contribution in [0.1, 0.15) is 62.0 Å². The van der Waals surface area contributed by atoms with E-state index in [-0.39, 0.29) is 35.2 Å². The van der Waals surface area contributed by atoms with E-state index in [0.717, 1.165) is 59.8 Å². The van der Waals surface area contributed by atoms with E-state index in [4.69, 9.17) is 20.9 Å². The Balaban J connectivity index is 0.000000166. The number of hydrogen-bond acceptors (Lipinski definition) is 14. The number of rotatable bonds is 6. The van der Waals surface area contributed by atoms with Crippen LogP contribution in [-0.2, 0) is 22.3 Å². The number of hydrogen-bond donors (Lipinski definition) is 8. The maximum atomic E-state index is 15.3. The van der Waals surface area contributed by atoms with E-state index in [9.17, 15) is 19.8 Å². The number of benzene rings is 2. The van der Waals surface area contributed by atoms with E-state index >= 15 is 8.78 Å². The number of aromatic nitrogens is 4. The molecule has 10 rings (SSSR count). The fourth-order valence-electron chi connectivity index (χ4n) is 8.95. The first-order valence-corrected chi connectivity index (χ1v) is 22.1. The molecular weight excluding hydrogens is 851 g/mol. The van der Waals surface area contributed by atoms with Gasteiger partial charge in [-0.05, 0) is 84.7 Å². The summed E-state index contributed by atoms with van der Waals surface area (Å²) in [7, 11) is 0. The van der Waals surface area contributed by atoms with Crippen molar-refractivity contribution < 1.29 is 38.1 Å². The highest BCUT2D eigenvalue weighted by atomic mass is 19.1. The molecular formula is C48H52F2N10O6. The van der Waals surface area contributed by atoms with Crippen LogP contribution in [0, 0.1) is 37.3 Å². The molecule has 0 saturated heterocycles. The van der Waals surface area contributed by atoms with Crippen LogP contribution in [0.4, 0.5) is 52.8 Å². The van der Waals surface area contributed by atoms with Crippen molar-refractivity contribution in [3.05, 3.63) is 83.2 Å². The predicted molar refractivity (Wildman–Crippen MR) is 249 cm³/mol. The Morgan fingerprint density at radius 2 is 1.03 bits per heavy atom. The van der Waals surface area contributed by atoms with Gasteiger partial charge in [0, 0.05) is 96.6 Å². The molecule has 0 bridgehead atoms. The SMILES string of the molecule is Cc1c(-c2cc3cc(NC(=O)OC4CC(O)C4)ncc3c(N)c2F)cnc2c1NC[C@@H](C)C2.Cc1c(-c2cc3cc(NC(=O)OC4CC(O)C4)ncc3c(N)c2F)cnc2c1NC[C@H](C)C2. The second kappa shape index (κ2) is 17.8. The largest absolute Gasteiger partial charge is 0.446 e. The Morgan fingerprint density at radius 3 is 1.41 bits per heavy atom. The van der Waals surface area contributed by atoms with Crippen LogP contribution in [0.2, 0.25) is 0 Å². The van der Waals surface area contributed by atoms with Gasteiger partial charge >= 0.3 is 12.2 Å². The third kappa shape index (κ3) is 8.77. The molecule has 4 aliphatic rings. The van der Waals surface area contributed by atoms with Gasteiger partial charge in [0.2, 0.25) is 0 Å². The molecule has 2 amide bonds. The standard InChI is InChI=1S/2C24H26FN5O3/c2*1-11-3-19-23(29-8-11)12(2)17(9-27-19)16-4-13-5-20(28-10-18(13)22(26)21(16)25)30-24(32)33-15-6-14(31)7-15/h2*4-5,9-11,14-15,29,31H,3,6-8,26H2,1-2H3,(H,28,30,32)/t2*11-,14?,15?/m10/s1. The lowest BCUT2D eigenvalue weighted by atomic mass is 9.92. The van der Waals surface area contributed by atoms with Crippen molar-refractivity contribution in [3.63, 3.8) is 0 Å². The molecule has 2 aliphatic heterocycles. The molecule has 6 aromatic rings. The monoisotopic (exact) mass is 902 g/mol. The number of anilines is 6. The fourth-order valence-corrected chi connectivity index (χ4v) is 8.95. The minimum absolute atomic E-state index is 0.00807. The summed E-state index contributed by atoms with van der Waals surface area (Å²) in [6, 6.07) is 6.66. The number of nitrogens with one attached hydrogen (secondary N) is 4. The zero-order valence-corrected chi connectivity index (χ0v) is 37.0. The van der Waals surface area contributed by atoms with Crippen molar-refractivity contribution in [2.45, 2.75) is 90.6 Å². The summed E-state index contributed by atoms with van der Waals surface area (Å²) in [6.07, 6.45) is 7.00. The molecule has 16 nitrogen and oxygen atoms in total. The van der Waals surface area contributed by atoms with Crippen molar-refractivity contribution in [1.29, 1.82) is 0 Å². The number of nitrogens with zero attached hydrogens (tertiary/aromatic N) is 4. The molecule has 344 valence electrons. The zero-order chi connectivity index (χ0) is 46.6. The summed E-state index contributed by atoms with van der Waals surface area (Å²) in [4.78, 5) is 41.7. The number of pyridine rings is 4. The lowest BCUT2D eigenvalue weighted by Crippen LogP contribution is -2.38. The van der Waals surface area contributed by atoms with Crippen molar-refractivity contribution in [1.82, 2.24) is 19.9 Å².